The SMILES string of the molecule is CC(O)CC(C)NC1CCCCCC1O. The van der Waals surface area contributed by atoms with Crippen LogP contribution in [-0.4, -0.2) is 34.5 Å². The van der Waals surface area contributed by atoms with E-state index in [4.69, 9.17) is 0 Å². The zero-order valence-corrected chi connectivity index (χ0v) is 9.95. The molecule has 3 N–H and O–H groups in total. The Labute approximate surface area is 92.9 Å². The highest BCUT2D eigenvalue weighted by Gasteiger charge is 2.22. The summed E-state index contributed by atoms with van der Waals surface area (Å²) < 4.78 is 0. The lowest BCUT2D eigenvalue weighted by molar-refractivity contribution is 0.105. The number of aliphatic hydroxyl groups is 2. The minimum atomic E-state index is -0.268. The molecule has 4 atom stereocenters. The summed E-state index contributed by atoms with van der Waals surface area (Å²) in [6.07, 6.45) is 5.84. The van der Waals surface area contributed by atoms with Gasteiger partial charge < -0.3 is 15.5 Å². The molecule has 0 radical (unpaired) electrons. The van der Waals surface area contributed by atoms with Crippen molar-refractivity contribution in [3.63, 3.8) is 0 Å². The third kappa shape index (κ3) is 4.96. The summed E-state index contributed by atoms with van der Waals surface area (Å²) in [5.41, 5.74) is 0. The summed E-state index contributed by atoms with van der Waals surface area (Å²) in [5.74, 6) is 0. The van der Waals surface area contributed by atoms with Crippen LogP contribution in [0.25, 0.3) is 0 Å². The lowest BCUT2D eigenvalue weighted by Gasteiger charge is -2.26. The van der Waals surface area contributed by atoms with E-state index in [0.717, 1.165) is 25.7 Å². The van der Waals surface area contributed by atoms with E-state index in [0.29, 0.717) is 0 Å². The van der Waals surface area contributed by atoms with Crippen molar-refractivity contribution < 1.29 is 10.2 Å². The molecule has 0 aromatic rings. The molecular weight excluding hydrogens is 190 g/mol. The minimum absolute atomic E-state index is 0.205. The number of nitrogens with one attached hydrogen (secondary N) is 1. The van der Waals surface area contributed by atoms with Crippen molar-refractivity contribution in [1.29, 1.82) is 0 Å². The Bertz CT molecular complexity index is 173. The highest BCUT2D eigenvalue weighted by Crippen LogP contribution is 2.18. The number of rotatable bonds is 4. The van der Waals surface area contributed by atoms with E-state index in [9.17, 15) is 10.2 Å². The molecule has 0 aromatic carbocycles. The molecular formula is C12H25NO2. The number of hydrogen-bond donors (Lipinski definition) is 3. The zero-order valence-electron chi connectivity index (χ0n) is 9.95. The molecule has 3 nitrogen and oxygen atoms in total. The Morgan fingerprint density at radius 2 is 1.87 bits per heavy atom. The first kappa shape index (κ1) is 12.9. The van der Waals surface area contributed by atoms with Gasteiger partial charge in [-0.15, -0.1) is 0 Å². The second-order valence-corrected chi connectivity index (χ2v) is 4.96. The fraction of sp³-hybridized carbons (Fsp3) is 1.00. The first-order valence-electron chi connectivity index (χ1n) is 6.21. The molecule has 0 heterocycles. The van der Waals surface area contributed by atoms with Gasteiger partial charge in [-0.25, -0.2) is 0 Å². The first-order valence-corrected chi connectivity index (χ1v) is 6.21. The second-order valence-electron chi connectivity index (χ2n) is 4.96. The highest BCUT2D eigenvalue weighted by molar-refractivity contribution is 4.81. The largest absolute Gasteiger partial charge is 0.393 e. The van der Waals surface area contributed by atoms with E-state index >= 15 is 0 Å². The van der Waals surface area contributed by atoms with Gasteiger partial charge in [-0.1, -0.05) is 19.3 Å². The predicted octanol–water partition coefficient (Wildman–Crippen LogP) is 1.43. The van der Waals surface area contributed by atoms with Crippen LogP contribution in [0, 0.1) is 0 Å². The van der Waals surface area contributed by atoms with Crippen LogP contribution >= 0.6 is 0 Å². The van der Waals surface area contributed by atoms with E-state index in [2.05, 4.69) is 12.2 Å². The average Bonchev–Trinajstić information content (AvgIpc) is 2.30. The topological polar surface area (TPSA) is 52.5 Å². The quantitative estimate of drug-likeness (QED) is 0.622. The van der Waals surface area contributed by atoms with Crippen molar-refractivity contribution >= 4 is 0 Å². The van der Waals surface area contributed by atoms with Gasteiger partial charge in [0.05, 0.1) is 12.2 Å². The second kappa shape index (κ2) is 6.46. The van der Waals surface area contributed by atoms with Gasteiger partial charge in [0.25, 0.3) is 0 Å². The summed E-state index contributed by atoms with van der Waals surface area (Å²) in [6.45, 7) is 3.88. The van der Waals surface area contributed by atoms with Crippen LogP contribution in [0.1, 0.15) is 52.4 Å². The van der Waals surface area contributed by atoms with E-state index in [1.54, 1.807) is 0 Å². The zero-order chi connectivity index (χ0) is 11.3. The molecule has 1 saturated carbocycles. The summed E-state index contributed by atoms with van der Waals surface area (Å²) in [5, 5.41) is 22.6. The van der Waals surface area contributed by atoms with Gasteiger partial charge in [0.2, 0.25) is 0 Å². The van der Waals surface area contributed by atoms with Crippen LogP contribution in [0.5, 0.6) is 0 Å². The van der Waals surface area contributed by atoms with Crippen molar-refractivity contribution in [2.24, 2.45) is 0 Å². The molecule has 0 bridgehead atoms. The third-order valence-corrected chi connectivity index (χ3v) is 3.17. The number of aliphatic hydroxyl groups excluding tert-OH is 2. The average molecular weight is 215 g/mol. The van der Waals surface area contributed by atoms with Crippen molar-refractivity contribution in [2.75, 3.05) is 0 Å². The monoisotopic (exact) mass is 215 g/mol. The molecule has 0 aliphatic heterocycles. The van der Waals surface area contributed by atoms with Gasteiger partial charge >= 0.3 is 0 Å². The Kier molecular flexibility index (Phi) is 5.58. The molecule has 3 heteroatoms. The maximum Gasteiger partial charge on any atom is 0.0693 e. The van der Waals surface area contributed by atoms with Crippen LogP contribution in [-0.2, 0) is 0 Å². The first-order chi connectivity index (χ1) is 7.09. The Morgan fingerprint density at radius 3 is 2.53 bits per heavy atom. The minimum Gasteiger partial charge on any atom is -0.393 e. The third-order valence-electron chi connectivity index (χ3n) is 3.17. The van der Waals surface area contributed by atoms with Gasteiger partial charge in [-0.3, -0.25) is 0 Å². The molecule has 1 aliphatic rings. The summed E-state index contributed by atoms with van der Waals surface area (Å²) >= 11 is 0. The fourth-order valence-electron chi connectivity index (χ4n) is 2.43. The van der Waals surface area contributed by atoms with Crippen LogP contribution in [0.3, 0.4) is 0 Å². The Hall–Kier alpha value is -0.120. The van der Waals surface area contributed by atoms with Gasteiger partial charge in [0.1, 0.15) is 0 Å². The van der Waals surface area contributed by atoms with Gasteiger partial charge in [0.15, 0.2) is 0 Å². The van der Waals surface area contributed by atoms with E-state index in [1.165, 1.54) is 12.8 Å². The molecule has 15 heavy (non-hydrogen) atoms. The molecule has 90 valence electrons. The standard InChI is InChI=1S/C12H25NO2/c1-9(8-10(2)14)13-11-6-4-3-5-7-12(11)15/h9-15H,3-8H2,1-2H3. The maximum atomic E-state index is 9.91. The van der Waals surface area contributed by atoms with Gasteiger partial charge in [-0.05, 0) is 33.1 Å². The van der Waals surface area contributed by atoms with Crippen LogP contribution in [0.4, 0.5) is 0 Å². The predicted molar refractivity (Wildman–Crippen MR) is 61.8 cm³/mol. The van der Waals surface area contributed by atoms with Crippen LogP contribution < -0.4 is 5.32 Å². The summed E-state index contributed by atoms with van der Waals surface area (Å²) in [6, 6.07) is 0.504. The molecule has 1 aliphatic carbocycles. The molecule has 0 amide bonds. The maximum absolute atomic E-state index is 9.91. The lowest BCUT2D eigenvalue weighted by Crippen LogP contribution is -2.44. The fourth-order valence-corrected chi connectivity index (χ4v) is 2.43. The van der Waals surface area contributed by atoms with Crippen molar-refractivity contribution in [3.05, 3.63) is 0 Å². The Balaban J connectivity index is 2.33. The van der Waals surface area contributed by atoms with E-state index in [1.807, 2.05) is 6.92 Å². The van der Waals surface area contributed by atoms with Crippen LogP contribution in [0.15, 0.2) is 0 Å². The van der Waals surface area contributed by atoms with Gasteiger partial charge in [0, 0.05) is 12.1 Å². The molecule has 0 spiro atoms. The lowest BCUT2D eigenvalue weighted by atomic mass is 10.0. The van der Waals surface area contributed by atoms with Crippen molar-refractivity contribution in [3.8, 4) is 0 Å². The Morgan fingerprint density at radius 1 is 1.20 bits per heavy atom. The molecule has 4 unspecified atom stereocenters. The molecule has 1 rings (SSSR count). The molecule has 0 aromatic heterocycles. The molecule has 1 fully saturated rings. The number of hydrogen-bond acceptors (Lipinski definition) is 3. The molecule has 0 saturated heterocycles. The van der Waals surface area contributed by atoms with Crippen LogP contribution in [0.2, 0.25) is 0 Å². The highest BCUT2D eigenvalue weighted by atomic mass is 16.3. The normalized spacial score (nSPS) is 32.0. The van der Waals surface area contributed by atoms with E-state index in [-0.39, 0.29) is 24.3 Å². The smallest absolute Gasteiger partial charge is 0.0693 e. The summed E-state index contributed by atoms with van der Waals surface area (Å²) in [7, 11) is 0. The summed E-state index contributed by atoms with van der Waals surface area (Å²) in [4.78, 5) is 0. The van der Waals surface area contributed by atoms with Crippen molar-refractivity contribution in [1.82, 2.24) is 5.32 Å². The van der Waals surface area contributed by atoms with Gasteiger partial charge in [-0.2, -0.15) is 0 Å². The van der Waals surface area contributed by atoms with Crippen molar-refractivity contribution in [2.45, 2.75) is 76.7 Å². The van der Waals surface area contributed by atoms with E-state index < -0.39 is 0 Å².